The molecule has 1 amide bonds. The van der Waals surface area contributed by atoms with E-state index in [1.54, 1.807) is 0 Å². The maximum absolute atomic E-state index is 13.5. The highest BCUT2D eigenvalue weighted by Gasteiger charge is 2.53. The Balaban J connectivity index is 1.35. The van der Waals surface area contributed by atoms with Gasteiger partial charge in [-0.05, 0) is 92.9 Å². The average molecular weight is 366 g/mol. The molecule has 27 heavy (non-hydrogen) atoms. The summed E-state index contributed by atoms with van der Waals surface area (Å²) in [5, 5.41) is 3.57. The van der Waals surface area contributed by atoms with E-state index in [1.165, 1.54) is 69.8 Å². The van der Waals surface area contributed by atoms with E-state index in [0.29, 0.717) is 23.3 Å². The van der Waals surface area contributed by atoms with Crippen molar-refractivity contribution < 1.29 is 4.79 Å². The van der Waals surface area contributed by atoms with Crippen molar-refractivity contribution in [3.63, 3.8) is 0 Å². The highest BCUT2D eigenvalue weighted by molar-refractivity contribution is 5.84. The third-order valence-corrected chi connectivity index (χ3v) is 8.68. The molecule has 2 atom stereocenters. The maximum Gasteiger partial charge on any atom is 0.228 e. The molecule has 2 nitrogen and oxygen atoms in total. The van der Waals surface area contributed by atoms with Gasteiger partial charge < -0.3 is 5.32 Å². The molecular formula is C25H35NO. The topological polar surface area (TPSA) is 29.1 Å². The fourth-order valence-electron chi connectivity index (χ4n) is 7.75. The SMILES string of the molecule is C[C@H](NC(=O)[C@H](c1ccccc1)C1CCCC1)C12CC3CC(CC(C3)C1)C2. The maximum atomic E-state index is 13.5. The average Bonchev–Trinajstić information content (AvgIpc) is 3.16. The van der Waals surface area contributed by atoms with Crippen molar-refractivity contribution in [2.24, 2.45) is 29.1 Å². The van der Waals surface area contributed by atoms with Gasteiger partial charge in [-0.1, -0.05) is 43.2 Å². The number of carbonyl (C=O) groups excluding carboxylic acids is 1. The minimum atomic E-state index is 0.0464. The first-order valence-electron chi connectivity index (χ1n) is 11.5. The molecule has 2 heteroatoms. The molecule has 146 valence electrons. The van der Waals surface area contributed by atoms with Crippen molar-refractivity contribution in [2.45, 2.75) is 83.1 Å². The summed E-state index contributed by atoms with van der Waals surface area (Å²) in [6, 6.07) is 10.9. The Bertz CT molecular complexity index is 640. The number of rotatable bonds is 5. The molecule has 5 aliphatic rings. The molecule has 5 saturated carbocycles. The van der Waals surface area contributed by atoms with Crippen molar-refractivity contribution >= 4 is 5.91 Å². The summed E-state index contributed by atoms with van der Waals surface area (Å²) in [6.07, 6.45) is 13.5. The fourth-order valence-corrected chi connectivity index (χ4v) is 7.75. The summed E-state index contributed by atoms with van der Waals surface area (Å²) in [6.45, 7) is 2.32. The van der Waals surface area contributed by atoms with Gasteiger partial charge in [0.1, 0.15) is 0 Å². The zero-order valence-electron chi connectivity index (χ0n) is 16.8. The molecule has 0 spiro atoms. The van der Waals surface area contributed by atoms with Crippen LogP contribution in [0.25, 0.3) is 0 Å². The molecule has 0 aromatic heterocycles. The molecule has 4 bridgehead atoms. The number of hydrogen-bond acceptors (Lipinski definition) is 1. The van der Waals surface area contributed by atoms with Crippen molar-refractivity contribution in [3.05, 3.63) is 35.9 Å². The van der Waals surface area contributed by atoms with E-state index < -0.39 is 0 Å². The van der Waals surface area contributed by atoms with Crippen LogP contribution in [0.15, 0.2) is 30.3 Å². The van der Waals surface area contributed by atoms with Crippen molar-refractivity contribution in [1.82, 2.24) is 5.32 Å². The van der Waals surface area contributed by atoms with Crippen LogP contribution < -0.4 is 5.32 Å². The Morgan fingerprint density at radius 1 is 0.963 bits per heavy atom. The van der Waals surface area contributed by atoms with Crippen LogP contribution in [0.1, 0.15) is 82.6 Å². The van der Waals surface area contributed by atoms with E-state index in [9.17, 15) is 4.79 Å². The minimum absolute atomic E-state index is 0.0464. The second-order valence-electron chi connectivity index (χ2n) is 10.4. The molecular weight excluding hydrogens is 330 g/mol. The molecule has 1 N–H and O–H groups in total. The number of amides is 1. The van der Waals surface area contributed by atoms with Crippen LogP contribution in [0.4, 0.5) is 0 Å². The highest BCUT2D eigenvalue weighted by Crippen LogP contribution is 2.61. The lowest BCUT2D eigenvalue weighted by Crippen LogP contribution is -2.56. The molecule has 0 saturated heterocycles. The molecule has 1 aromatic rings. The first-order chi connectivity index (χ1) is 13.1. The van der Waals surface area contributed by atoms with Crippen molar-refractivity contribution in [1.29, 1.82) is 0 Å². The lowest BCUT2D eigenvalue weighted by Gasteiger charge is -2.59. The van der Waals surface area contributed by atoms with Gasteiger partial charge >= 0.3 is 0 Å². The van der Waals surface area contributed by atoms with Gasteiger partial charge in [0.25, 0.3) is 0 Å². The van der Waals surface area contributed by atoms with E-state index in [1.807, 2.05) is 0 Å². The molecule has 5 fully saturated rings. The Morgan fingerprint density at radius 2 is 1.52 bits per heavy atom. The Hall–Kier alpha value is -1.31. The van der Waals surface area contributed by atoms with Crippen molar-refractivity contribution in [3.8, 4) is 0 Å². The summed E-state index contributed by atoms with van der Waals surface area (Å²) >= 11 is 0. The van der Waals surface area contributed by atoms with E-state index in [0.717, 1.165) is 17.8 Å². The second-order valence-corrected chi connectivity index (χ2v) is 10.4. The lowest BCUT2D eigenvalue weighted by atomic mass is 9.48. The van der Waals surface area contributed by atoms with E-state index in [2.05, 4.69) is 42.6 Å². The van der Waals surface area contributed by atoms with Gasteiger partial charge in [-0.25, -0.2) is 0 Å². The third kappa shape index (κ3) is 3.23. The molecule has 1 aromatic carbocycles. The van der Waals surface area contributed by atoms with Crippen LogP contribution in [0, 0.1) is 29.1 Å². The Morgan fingerprint density at radius 3 is 2.07 bits per heavy atom. The van der Waals surface area contributed by atoms with Gasteiger partial charge in [0.05, 0.1) is 5.92 Å². The van der Waals surface area contributed by atoms with E-state index >= 15 is 0 Å². The van der Waals surface area contributed by atoms with Gasteiger partial charge in [-0.15, -0.1) is 0 Å². The molecule has 0 unspecified atom stereocenters. The number of hydrogen-bond donors (Lipinski definition) is 1. The van der Waals surface area contributed by atoms with E-state index in [-0.39, 0.29) is 5.92 Å². The first-order valence-corrected chi connectivity index (χ1v) is 11.5. The van der Waals surface area contributed by atoms with Gasteiger partial charge in [0.2, 0.25) is 5.91 Å². The molecule has 0 aliphatic heterocycles. The smallest absolute Gasteiger partial charge is 0.228 e. The lowest BCUT2D eigenvalue weighted by molar-refractivity contribution is -0.128. The van der Waals surface area contributed by atoms with Crippen LogP contribution in [0.3, 0.4) is 0 Å². The summed E-state index contributed by atoms with van der Waals surface area (Å²) in [5.41, 5.74) is 1.61. The van der Waals surface area contributed by atoms with Crippen LogP contribution in [-0.4, -0.2) is 11.9 Å². The van der Waals surface area contributed by atoms with Gasteiger partial charge in [-0.3, -0.25) is 4.79 Å². The quantitative estimate of drug-likeness (QED) is 0.714. The van der Waals surface area contributed by atoms with Gasteiger partial charge in [-0.2, -0.15) is 0 Å². The summed E-state index contributed by atoms with van der Waals surface area (Å²) in [7, 11) is 0. The zero-order chi connectivity index (χ0) is 18.4. The van der Waals surface area contributed by atoms with Gasteiger partial charge in [0, 0.05) is 6.04 Å². The summed E-state index contributed by atoms with van der Waals surface area (Å²) in [4.78, 5) is 13.5. The second kappa shape index (κ2) is 6.94. The molecule has 6 rings (SSSR count). The standard InChI is InChI=1S/C25H35NO/c1-17(25-14-18-11-19(15-25)13-20(12-18)16-25)26-24(27)23(22-9-5-6-10-22)21-7-3-2-4-8-21/h2-4,7-8,17-20,22-23H,5-6,9-16H2,1H3,(H,26,27)/t17-,18?,19?,20?,23+,25?/m0/s1. The Labute approximate surface area is 164 Å². The van der Waals surface area contributed by atoms with Crippen LogP contribution in [0.2, 0.25) is 0 Å². The number of benzene rings is 1. The Kier molecular flexibility index (Phi) is 4.57. The normalized spacial score (nSPS) is 37.3. The summed E-state index contributed by atoms with van der Waals surface area (Å²) < 4.78 is 0. The molecule has 5 aliphatic carbocycles. The zero-order valence-corrected chi connectivity index (χ0v) is 16.8. The highest BCUT2D eigenvalue weighted by atomic mass is 16.2. The molecule has 0 radical (unpaired) electrons. The largest absolute Gasteiger partial charge is 0.353 e. The van der Waals surface area contributed by atoms with Crippen molar-refractivity contribution in [2.75, 3.05) is 0 Å². The first kappa shape index (κ1) is 17.8. The van der Waals surface area contributed by atoms with Gasteiger partial charge in [0.15, 0.2) is 0 Å². The molecule has 0 heterocycles. The van der Waals surface area contributed by atoms with E-state index in [4.69, 9.17) is 0 Å². The predicted molar refractivity (Wildman–Crippen MR) is 109 cm³/mol. The van der Waals surface area contributed by atoms with Crippen LogP contribution >= 0.6 is 0 Å². The van der Waals surface area contributed by atoms with Crippen LogP contribution in [0.5, 0.6) is 0 Å². The minimum Gasteiger partial charge on any atom is -0.353 e. The summed E-state index contributed by atoms with van der Waals surface area (Å²) in [5.74, 6) is 3.69. The number of nitrogens with one attached hydrogen (secondary N) is 1. The monoisotopic (exact) mass is 365 g/mol. The third-order valence-electron chi connectivity index (χ3n) is 8.68. The van der Waals surface area contributed by atoms with Crippen LogP contribution in [-0.2, 0) is 4.79 Å². The fraction of sp³-hybridized carbons (Fsp3) is 0.720. The predicted octanol–water partition coefficient (Wildman–Crippen LogP) is 5.68. The number of carbonyl (C=O) groups is 1.